The highest BCUT2D eigenvalue weighted by Crippen LogP contribution is 2.49. The Morgan fingerprint density at radius 2 is 1.71 bits per heavy atom. The van der Waals surface area contributed by atoms with Crippen LogP contribution in [0.4, 0.5) is 0 Å². The predicted octanol–water partition coefficient (Wildman–Crippen LogP) is 3.18. The van der Waals surface area contributed by atoms with E-state index < -0.39 is 0 Å². The summed E-state index contributed by atoms with van der Waals surface area (Å²) in [5.74, 6) is 4.09. The quantitative estimate of drug-likeness (QED) is 0.386. The van der Waals surface area contributed by atoms with Crippen LogP contribution in [0.25, 0.3) is 0 Å². The molecule has 0 spiro atoms. The van der Waals surface area contributed by atoms with Crippen molar-refractivity contribution in [2.24, 2.45) is 22.7 Å². The van der Waals surface area contributed by atoms with Gasteiger partial charge in [-0.25, -0.2) is 0 Å². The van der Waals surface area contributed by atoms with Gasteiger partial charge in [0, 0.05) is 32.2 Å². The van der Waals surface area contributed by atoms with Crippen LogP contribution in [0, 0.1) is 17.8 Å². The second-order valence-corrected chi connectivity index (χ2v) is 8.16. The van der Waals surface area contributed by atoms with E-state index in [4.69, 9.17) is 4.99 Å². The molecule has 4 fully saturated rings. The van der Waals surface area contributed by atoms with E-state index >= 15 is 0 Å². The number of nitrogens with one attached hydrogen (secondary N) is 1. The first-order chi connectivity index (χ1) is 11.3. The van der Waals surface area contributed by atoms with Crippen LogP contribution in [0.3, 0.4) is 0 Å². The van der Waals surface area contributed by atoms with Gasteiger partial charge in [-0.05, 0) is 82.7 Å². The zero-order valence-electron chi connectivity index (χ0n) is 15.3. The maximum atomic E-state index is 5.09. The SMILES string of the molecule is CCNC(=NCC(C1CC1)C1CC1)N1CCC(N2CCCC2)C1.I. The topological polar surface area (TPSA) is 30.9 Å². The summed E-state index contributed by atoms with van der Waals surface area (Å²) in [5.41, 5.74) is 0. The highest BCUT2D eigenvalue weighted by atomic mass is 127. The van der Waals surface area contributed by atoms with Gasteiger partial charge < -0.3 is 10.2 Å². The van der Waals surface area contributed by atoms with Crippen LogP contribution in [0.15, 0.2) is 4.99 Å². The fraction of sp³-hybridized carbons (Fsp3) is 0.947. The lowest BCUT2D eigenvalue weighted by Crippen LogP contribution is -2.43. The minimum atomic E-state index is 0. The zero-order chi connectivity index (χ0) is 15.6. The van der Waals surface area contributed by atoms with Gasteiger partial charge >= 0.3 is 0 Å². The number of likely N-dealkylation sites (tertiary alicyclic amines) is 2. The van der Waals surface area contributed by atoms with E-state index in [-0.39, 0.29) is 24.0 Å². The molecule has 4 nitrogen and oxygen atoms in total. The second-order valence-electron chi connectivity index (χ2n) is 8.16. The maximum Gasteiger partial charge on any atom is 0.193 e. The molecule has 4 rings (SSSR count). The summed E-state index contributed by atoms with van der Waals surface area (Å²) in [6.07, 6.45) is 9.98. The first-order valence-corrected chi connectivity index (χ1v) is 10.1. The molecule has 2 saturated heterocycles. The molecule has 0 amide bonds. The lowest BCUT2D eigenvalue weighted by Gasteiger charge is -2.26. The largest absolute Gasteiger partial charge is 0.357 e. The van der Waals surface area contributed by atoms with E-state index in [1.54, 1.807) is 0 Å². The summed E-state index contributed by atoms with van der Waals surface area (Å²) >= 11 is 0. The Morgan fingerprint density at radius 3 is 2.29 bits per heavy atom. The molecule has 2 heterocycles. The number of hydrogen-bond donors (Lipinski definition) is 1. The van der Waals surface area contributed by atoms with Crippen LogP contribution >= 0.6 is 24.0 Å². The molecule has 2 aliphatic carbocycles. The van der Waals surface area contributed by atoms with Gasteiger partial charge in [0.15, 0.2) is 5.96 Å². The number of aliphatic imine (C=N–C) groups is 1. The van der Waals surface area contributed by atoms with Gasteiger partial charge in [0.2, 0.25) is 0 Å². The van der Waals surface area contributed by atoms with E-state index in [1.807, 2.05) is 0 Å². The Balaban J connectivity index is 0.00000169. The smallest absolute Gasteiger partial charge is 0.193 e. The molecule has 24 heavy (non-hydrogen) atoms. The number of rotatable bonds is 6. The first kappa shape index (κ1) is 18.7. The van der Waals surface area contributed by atoms with Crippen molar-refractivity contribution < 1.29 is 0 Å². The highest BCUT2D eigenvalue weighted by molar-refractivity contribution is 14.0. The molecule has 4 aliphatic rings. The van der Waals surface area contributed by atoms with E-state index in [2.05, 4.69) is 22.0 Å². The Hall–Kier alpha value is -0.0400. The number of hydrogen-bond acceptors (Lipinski definition) is 2. The van der Waals surface area contributed by atoms with Gasteiger partial charge in [0.25, 0.3) is 0 Å². The zero-order valence-corrected chi connectivity index (χ0v) is 17.6. The van der Waals surface area contributed by atoms with Crippen LogP contribution in [0.1, 0.15) is 51.9 Å². The molecule has 0 aromatic rings. The van der Waals surface area contributed by atoms with Crippen molar-refractivity contribution in [1.82, 2.24) is 15.1 Å². The summed E-state index contributed by atoms with van der Waals surface area (Å²) in [7, 11) is 0. The summed E-state index contributed by atoms with van der Waals surface area (Å²) in [4.78, 5) is 10.3. The molecular formula is C19H35IN4. The van der Waals surface area contributed by atoms with Gasteiger partial charge in [-0.1, -0.05) is 0 Å². The molecule has 1 unspecified atom stereocenters. The van der Waals surface area contributed by atoms with Crippen LogP contribution in [-0.4, -0.2) is 61.1 Å². The van der Waals surface area contributed by atoms with Gasteiger partial charge in [-0.3, -0.25) is 9.89 Å². The summed E-state index contributed by atoms with van der Waals surface area (Å²) in [5, 5.41) is 3.57. The maximum absolute atomic E-state index is 5.09. The Bertz CT molecular complexity index is 415. The molecule has 1 atom stereocenters. The lowest BCUT2D eigenvalue weighted by molar-refractivity contribution is 0.249. The molecule has 0 radical (unpaired) electrons. The fourth-order valence-corrected chi connectivity index (χ4v) is 4.69. The Kier molecular flexibility index (Phi) is 6.69. The van der Waals surface area contributed by atoms with Crippen molar-refractivity contribution in [3.05, 3.63) is 0 Å². The minimum absolute atomic E-state index is 0. The summed E-state index contributed by atoms with van der Waals surface area (Å²) in [6.45, 7) is 9.26. The van der Waals surface area contributed by atoms with Crippen molar-refractivity contribution in [2.75, 3.05) is 39.3 Å². The normalized spacial score (nSPS) is 28.5. The average Bonchev–Trinajstić information content (AvgIpc) is 3.47. The van der Waals surface area contributed by atoms with Gasteiger partial charge in [-0.15, -0.1) is 24.0 Å². The monoisotopic (exact) mass is 446 g/mol. The van der Waals surface area contributed by atoms with E-state index in [0.29, 0.717) is 0 Å². The molecule has 0 bridgehead atoms. The molecule has 2 aliphatic heterocycles. The van der Waals surface area contributed by atoms with Crippen molar-refractivity contribution in [3.63, 3.8) is 0 Å². The van der Waals surface area contributed by atoms with E-state index in [1.165, 1.54) is 77.1 Å². The highest BCUT2D eigenvalue weighted by Gasteiger charge is 2.41. The van der Waals surface area contributed by atoms with Gasteiger partial charge in [0.1, 0.15) is 0 Å². The molecule has 0 aromatic carbocycles. The summed E-state index contributed by atoms with van der Waals surface area (Å²) in [6, 6.07) is 0.768. The van der Waals surface area contributed by atoms with Crippen LogP contribution in [0.2, 0.25) is 0 Å². The Labute approximate surface area is 164 Å². The van der Waals surface area contributed by atoms with Crippen molar-refractivity contribution in [1.29, 1.82) is 0 Å². The lowest BCUT2D eigenvalue weighted by atomic mass is 9.98. The second kappa shape index (κ2) is 8.56. The molecule has 138 valence electrons. The van der Waals surface area contributed by atoms with Crippen LogP contribution in [0.5, 0.6) is 0 Å². The van der Waals surface area contributed by atoms with E-state index in [9.17, 15) is 0 Å². The number of nitrogens with zero attached hydrogens (tertiary/aromatic N) is 3. The average molecular weight is 446 g/mol. The minimum Gasteiger partial charge on any atom is -0.357 e. The predicted molar refractivity (Wildman–Crippen MR) is 111 cm³/mol. The van der Waals surface area contributed by atoms with Crippen LogP contribution in [-0.2, 0) is 0 Å². The molecule has 0 aromatic heterocycles. The summed E-state index contributed by atoms with van der Waals surface area (Å²) < 4.78 is 0. The fourth-order valence-electron chi connectivity index (χ4n) is 4.69. The standard InChI is InChI=1S/C19H34N4.HI/c1-2-20-19(21-13-18(15-5-6-15)16-7-8-16)23-12-9-17(14-23)22-10-3-4-11-22;/h15-18H,2-14H2,1H3,(H,20,21);1H. The third-order valence-corrected chi connectivity index (χ3v) is 6.36. The Morgan fingerprint density at radius 1 is 1.04 bits per heavy atom. The van der Waals surface area contributed by atoms with Gasteiger partial charge in [0.05, 0.1) is 0 Å². The molecule has 1 N–H and O–H groups in total. The van der Waals surface area contributed by atoms with Crippen molar-refractivity contribution in [3.8, 4) is 0 Å². The van der Waals surface area contributed by atoms with Crippen molar-refractivity contribution >= 4 is 29.9 Å². The molecule has 2 saturated carbocycles. The third kappa shape index (κ3) is 4.57. The first-order valence-electron chi connectivity index (χ1n) is 10.1. The number of halogens is 1. The van der Waals surface area contributed by atoms with Crippen molar-refractivity contribution in [2.45, 2.75) is 57.9 Å². The third-order valence-electron chi connectivity index (χ3n) is 6.36. The number of guanidine groups is 1. The molecule has 5 heteroatoms. The molecular weight excluding hydrogens is 411 g/mol. The van der Waals surface area contributed by atoms with Crippen LogP contribution < -0.4 is 5.32 Å². The van der Waals surface area contributed by atoms with E-state index in [0.717, 1.165) is 36.9 Å². The van der Waals surface area contributed by atoms with Gasteiger partial charge in [-0.2, -0.15) is 0 Å².